The van der Waals surface area contributed by atoms with Crippen LogP contribution in [0, 0.1) is 0 Å². The maximum atomic E-state index is 11.8. The Morgan fingerprint density at radius 3 is 2.65 bits per heavy atom. The van der Waals surface area contributed by atoms with Crippen LogP contribution in [0.5, 0.6) is 0 Å². The van der Waals surface area contributed by atoms with E-state index in [1.807, 2.05) is 0 Å². The monoisotopic (exact) mass is 329 g/mol. The van der Waals surface area contributed by atoms with Crippen molar-refractivity contribution in [3.8, 4) is 0 Å². The summed E-state index contributed by atoms with van der Waals surface area (Å²) in [4.78, 5) is 23.5. The molecule has 0 unspecified atom stereocenters. The van der Waals surface area contributed by atoms with Crippen molar-refractivity contribution < 1.29 is 14.0 Å². The first-order chi connectivity index (χ1) is 11.1. The van der Waals surface area contributed by atoms with E-state index >= 15 is 0 Å². The third kappa shape index (κ3) is 4.79. The Hall–Kier alpha value is -2.93. The minimum absolute atomic E-state index is 0.0930. The zero-order valence-corrected chi connectivity index (χ0v) is 13.1. The van der Waals surface area contributed by atoms with Gasteiger partial charge in [0, 0.05) is 13.1 Å². The normalized spacial score (nSPS) is 10.3. The number of para-hydroxylation sites is 1. The van der Waals surface area contributed by atoms with Gasteiger partial charge in [-0.3, -0.25) is 14.9 Å². The van der Waals surface area contributed by atoms with Crippen LogP contribution in [-0.4, -0.2) is 24.0 Å². The molecular weight excluding hydrogens is 314 g/mol. The average Bonchev–Trinajstić information content (AvgIpc) is 3.06. The van der Waals surface area contributed by atoms with Crippen LogP contribution in [0.1, 0.15) is 16.1 Å². The summed E-state index contributed by atoms with van der Waals surface area (Å²) in [6.07, 6.45) is 4.34. The molecule has 1 heterocycles. The maximum absolute atomic E-state index is 11.8. The lowest BCUT2D eigenvalue weighted by Gasteiger charge is -2.11. The molecule has 0 aliphatic rings. The van der Waals surface area contributed by atoms with Gasteiger partial charge in [0.05, 0.1) is 17.5 Å². The van der Waals surface area contributed by atoms with Crippen molar-refractivity contribution in [1.29, 1.82) is 0 Å². The molecule has 3 N–H and O–H groups in total. The van der Waals surface area contributed by atoms with E-state index in [1.165, 1.54) is 18.4 Å². The molecule has 0 bridgehead atoms. The number of hydrogen-bond acceptors (Lipinski definition) is 4. The standard InChI is InChI=1S/C16H15N3O3S/c1-17-15(21)12-6-2-3-7-13(12)18-16(23)19-14(20)9-8-11-5-4-10-22-11/h2-10H,1H3,(H,17,21)(H2,18,19,20,23)/b9-8+. The molecule has 6 nitrogen and oxygen atoms in total. The smallest absolute Gasteiger partial charge is 0.253 e. The van der Waals surface area contributed by atoms with Gasteiger partial charge in [-0.25, -0.2) is 0 Å². The highest BCUT2D eigenvalue weighted by Crippen LogP contribution is 2.14. The zero-order chi connectivity index (χ0) is 16.7. The van der Waals surface area contributed by atoms with E-state index < -0.39 is 5.91 Å². The lowest BCUT2D eigenvalue weighted by atomic mass is 10.1. The van der Waals surface area contributed by atoms with Gasteiger partial charge in [-0.05, 0) is 42.6 Å². The van der Waals surface area contributed by atoms with Gasteiger partial charge >= 0.3 is 0 Å². The molecule has 0 aliphatic carbocycles. The quantitative estimate of drug-likeness (QED) is 0.591. The van der Waals surface area contributed by atoms with Crippen LogP contribution in [0.25, 0.3) is 6.08 Å². The number of nitrogens with one attached hydrogen (secondary N) is 3. The fourth-order valence-electron chi connectivity index (χ4n) is 1.78. The van der Waals surface area contributed by atoms with Gasteiger partial charge in [-0.1, -0.05) is 12.1 Å². The summed E-state index contributed by atoms with van der Waals surface area (Å²) in [5, 5.41) is 7.96. The molecule has 0 radical (unpaired) electrons. The summed E-state index contributed by atoms with van der Waals surface area (Å²) >= 11 is 5.08. The molecule has 2 rings (SSSR count). The fourth-order valence-corrected chi connectivity index (χ4v) is 1.99. The summed E-state index contributed by atoms with van der Waals surface area (Å²) < 4.78 is 5.08. The van der Waals surface area contributed by atoms with Gasteiger partial charge in [0.2, 0.25) is 5.91 Å². The van der Waals surface area contributed by atoms with E-state index in [0.29, 0.717) is 17.0 Å². The van der Waals surface area contributed by atoms with Crippen LogP contribution >= 0.6 is 12.2 Å². The van der Waals surface area contributed by atoms with Gasteiger partial charge in [-0.15, -0.1) is 0 Å². The van der Waals surface area contributed by atoms with Gasteiger partial charge in [0.1, 0.15) is 5.76 Å². The second-order valence-electron chi connectivity index (χ2n) is 4.42. The molecule has 0 aliphatic heterocycles. The Morgan fingerprint density at radius 2 is 1.96 bits per heavy atom. The zero-order valence-electron chi connectivity index (χ0n) is 12.3. The van der Waals surface area contributed by atoms with Crippen molar-refractivity contribution in [1.82, 2.24) is 10.6 Å². The third-order valence-electron chi connectivity index (χ3n) is 2.83. The fraction of sp³-hybridized carbons (Fsp3) is 0.0625. The van der Waals surface area contributed by atoms with Crippen molar-refractivity contribution in [2.45, 2.75) is 0 Å². The highest BCUT2D eigenvalue weighted by molar-refractivity contribution is 7.80. The summed E-state index contributed by atoms with van der Waals surface area (Å²) in [6, 6.07) is 10.3. The molecule has 7 heteroatoms. The minimum Gasteiger partial charge on any atom is -0.465 e. The molecule has 1 aromatic carbocycles. The van der Waals surface area contributed by atoms with E-state index in [9.17, 15) is 9.59 Å². The SMILES string of the molecule is CNC(=O)c1ccccc1NC(=S)NC(=O)/C=C/c1ccco1. The number of furan rings is 1. The van der Waals surface area contributed by atoms with Crippen molar-refractivity contribution in [3.63, 3.8) is 0 Å². The van der Waals surface area contributed by atoms with E-state index in [1.54, 1.807) is 43.4 Å². The van der Waals surface area contributed by atoms with Gasteiger partial charge in [0.15, 0.2) is 5.11 Å². The van der Waals surface area contributed by atoms with Crippen molar-refractivity contribution in [2.24, 2.45) is 0 Å². The third-order valence-corrected chi connectivity index (χ3v) is 3.03. The van der Waals surface area contributed by atoms with Crippen molar-refractivity contribution >= 4 is 40.9 Å². The number of anilines is 1. The summed E-state index contributed by atoms with van der Waals surface area (Å²) in [5.41, 5.74) is 0.935. The predicted octanol–water partition coefficient (Wildman–Crippen LogP) is 2.17. The number of thiocarbonyl (C=S) groups is 1. The molecule has 0 spiro atoms. The number of carbonyl (C=O) groups excluding carboxylic acids is 2. The Morgan fingerprint density at radius 1 is 1.17 bits per heavy atom. The van der Waals surface area contributed by atoms with Crippen LogP contribution in [0.2, 0.25) is 0 Å². The van der Waals surface area contributed by atoms with E-state index in [4.69, 9.17) is 16.6 Å². The van der Waals surface area contributed by atoms with Crippen LogP contribution in [-0.2, 0) is 4.79 Å². The Labute approximate surface area is 138 Å². The average molecular weight is 329 g/mol. The summed E-state index contributed by atoms with van der Waals surface area (Å²) in [6.45, 7) is 0. The van der Waals surface area contributed by atoms with E-state index in [2.05, 4.69) is 16.0 Å². The molecule has 0 saturated heterocycles. The largest absolute Gasteiger partial charge is 0.465 e. The molecule has 1 aromatic heterocycles. The van der Waals surface area contributed by atoms with Crippen LogP contribution in [0.3, 0.4) is 0 Å². The highest BCUT2D eigenvalue weighted by atomic mass is 32.1. The van der Waals surface area contributed by atoms with Crippen LogP contribution < -0.4 is 16.0 Å². The highest BCUT2D eigenvalue weighted by Gasteiger charge is 2.10. The van der Waals surface area contributed by atoms with Crippen molar-refractivity contribution in [2.75, 3.05) is 12.4 Å². The minimum atomic E-state index is -0.406. The van der Waals surface area contributed by atoms with Crippen LogP contribution in [0.4, 0.5) is 5.69 Å². The summed E-state index contributed by atoms with van der Waals surface area (Å²) in [7, 11) is 1.54. The lowest BCUT2D eigenvalue weighted by Crippen LogP contribution is -2.33. The Kier molecular flexibility index (Phi) is 5.65. The van der Waals surface area contributed by atoms with Gasteiger partial charge in [-0.2, -0.15) is 0 Å². The molecule has 0 saturated carbocycles. The molecular formula is C16H15N3O3S. The topological polar surface area (TPSA) is 83.4 Å². The van der Waals surface area contributed by atoms with Gasteiger partial charge in [0.25, 0.3) is 5.91 Å². The number of hydrogen-bond donors (Lipinski definition) is 3. The predicted molar refractivity (Wildman–Crippen MR) is 91.9 cm³/mol. The molecule has 2 aromatic rings. The molecule has 118 valence electrons. The first-order valence-electron chi connectivity index (χ1n) is 6.75. The first-order valence-corrected chi connectivity index (χ1v) is 7.15. The number of benzene rings is 1. The number of amides is 2. The molecule has 23 heavy (non-hydrogen) atoms. The number of carbonyl (C=O) groups is 2. The lowest BCUT2D eigenvalue weighted by molar-refractivity contribution is -0.115. The first kappa shape index (κ1) is 16.4. The second kappa shape index (κ2) is 7.90. The summed E-state index contributed by atoms with van der Waals surface area (Å²) in [5.74, 6) is -0.0970. The Balaban J connectivity index is 1.97. The Bertz CT molecular complexity index is 739. The van der Waals surface area contributed by atoms with Crippen LogP contribution in [0.15, 0.2) is 53.2 Å². The van der Waals surface area contributed by atoms with E-state index in [0.717, 1.165) is 0 Å². The van der Waals surface area contributed by atoms with Crippen molar-refractivity contribution in [3.05, 3.63) is 60.1 Å². The number of rotatable bonds is 4. The molecule has 0 atom stereocenters. The van der Waals surface area contributed by atoms with Gasteiger partial charge < -0.3 is 15.1 Å². The van der Waals surface area contributed by atoms with E-state index in [-0.39, 0.29) is 11.0 Å². The maximum Gasteiger partial charge on any atom is 0.253 e. The molecule has 0 fully saturated rings. The molecule has 2 amide bonds. The second-order valence-corrected chi connectivity index (χ2v) is 4.83.